The molecule has 0 aromatic rings. The van der Waals surface area contributed by atoms with Crippen LogP contribution in [0.3, 0.4) is 0 Å². The standard InChI is InChI=1S/C75H128O6/c1-4-7-10-13-16-19-22-25-28-29-30-31-32-33-34-35-36-37-38-39-40-41-42-43-44-45-48-50-53-56-59-62-65-68-74(77)80-71-72(81-75(78)69-66-63-60-57-54-51-47-27-24-21-18-15-12-9-6-3)70-79-73(76)67-64-61-58-55-52-49-46-26-23-20-17-14-11-8-5-2/h7,10,16,19,25,27-28,30-31,33-34,36-37,39-40,42-43,47,72H,4-6,8-9,11-15,17-18,20-24,26,29,32,35,38,41,44-46,48-71H2,1-3H3/b10-7-,19-16-,28-25-,31-30-,34-33-,37-36-,40-39-,43-42-,47-27-. The van der Waals surface area contributed by atoms with E-state index in [0.29, 0.717) is 19.3 Å². The van der Waals surface area contributed by atoms with Crippen molar-refractivity contribution in [3.8, 4) is 0 Å². The Morgan fingerprint density at radius 1 is 0.259 bits per heavy atom. The largest absolute Gasteiger partial charge is 0.462 e. The van der Waals surface area contributed by atoms with Gasteiger partial charge in [0.25, 0.3) is 0 Å². The molecule has 0 bridgehead atoms. The summed E-state index contributed by atoms with van der Waals surface area (Å²) in [7, 11) is 0. The Balaban J connectivity index is 4.28. The molecule has 0 saturated heterocycles. The van der Waals surface area contributed by atoms with Crippen molar-refractivity contribution in [2.75, 3.05) is 13.2 Å². The van der Waals surface area contributed by atoms with E-state index >= 15 is 0 Å². The minimum absolute atomic E-state index is 0.0804. The second kappa shape index (κ2) is 68.6. The van der Waals surface area contributed by atoms with E-state index in [4.69, 9.17) is 14.2 Å². The molecule has 0 saturated carbocycles. The number of esters is 3. The number of ether oxygens (including phenoxy) is 3. The molecular weight excluding hydrogens is 997 g/mol. The van der Waals surface area contributed by atoms with Gasteiger partial charge in [0.05, 0.1) is 0 Å². The first-order valence-corrected chi connectivity index (χ1v) is 34.4. The van der Waals surface area contributed by atoms with Crippen molar-refractivity contribution >= 4 is 17.9 Å². The summed E-state index contributed by atoms with van der Waals surface area (Å²) in [5.74, 6) is -0.885. The quantitative estimate of drug-likeness (QED) is 0.0261. The first-order chi connectivity index (χ1) is 40.0. The molecule has 0 N–H and O–H groups in total. The maximum Gasteiger partial charge on any atom is 0.306 e. The smallest absolute Gasteiger partial charge is 0.306 e. The third-order valence-electron chi connectivity index (χ3n) is 14.8. The summed E-state index contributed by atoms with van der Waals surface area (Å²) in [6.45, 7) is 6.54. The molecule has 0 radical (unpaired) electrons. The Labute approximate surface area is 501 Å². The molecule has 0 aliphatic heterocycles. The minimum atomic E-state index is -0.786. The molecule has 6 heteroatoms. The lowest BCUT2D eigenvalue weighted by Crippen LogP contribution is -2.30. The summed E-state index contributed by atoms with van der Waals surface area (Å²) >= 11 is 0. The van der Waals surface area contributed by atoms with Gasteiger partial charge in [-0.3, -0.25) is 14.4 Å². The lowest BCUT2D eigenvalue weighted by atomic mass is 10.0. The van der Waals surface area contributed by atoms with Gasteiger partial charge in [0.1, 0.15) is 13.2 Å². The van der Waals surface area contributed by atoms with E-state index in [1.54, 1.807) is 0 Å². The van der Waals surface area contributed by atoms with Crippen molar-refractivity contribution in [2.24, 2.45) is 0 Å². The molecule has 0 aromatic heterocycles. The Morgan fingerprint density at radius 3 is 0.765 bits per heavy atom. The summed E-state index contributed by atoms with van der Waals surface area (Å²) in [5, 5.41) is 0. The lowest BCUT2D eigenvalue weighted by molar-refractivity contribution is -0.167. The summed E-state index contributed by atoms with van der Waals surface area (Å²) in [4.78, 5) is 38.4. The van der Waals surface area contributed by atoms with Crippen molar-refractivity contribution in [3.05, 3.63) is 109 Å². The number of unbranched alkanes of at least 4 members (excludes halogenated alkanes) is 33. The summed E-state index contributed by atoms with van der Waals surface area (Å²) in [5.41, 5.74) is 0. The number of hydrogen-bond acceptors (Lipinski definition) is 6. The van der Waals surface area contributed by atoms with Gasteiger partial charge in [-0.25, -0.2) is 0 Å². The highest BCUT2D eigenvalue weighted by Crippen LogP contribution is 2.17. The van der Waals surface area contributed by atoms with E-state index in [9.17, 15) is 14.4 Å². The van der Waals surface area contributed by atoms with Gasteiger partial charge in [-0.15, -0.1) is 0 Å². The highest BCUT2D eigenvalue weighted by molar-refractivity contribution is 5.71. The zero-order valence-corrected chi connectivity index (χ0v) is 53.3. The molecule has 0 aliphatic carbocycles. The number of hydrogen-bond donors (Lipinski definition) is 0. The maximum atomic E-state index is 12.9. The van der Waals surface area contributed by atoms with Crippen LogP contribution in [-0.2, 0) is 28.6 Å². The summed E-state index contributed by atoms with van der Waals surface area (Å²) in [6.07, 6.45) is 93.9. The van der Waals surface area contributed by atoms with Gasteiger partial charge >= 0.3 is 17.9 Å². The molecule has 0 heterocycles. The number of carbonyl (C=O) groups excluding carboxylic acids is 3. The van der Waals surface area contributed by atoms with E-state index in [0.717, 1.165) is 128 Å². The van der Waals surface area contributed by atoms with Crippen LogP contribution in [0.5, 0.6) is 0 Å². The van der Waals surface area contributed by atoms with Crippen molar-refractivity contribution in [3.63, 3.8) is 0 Å². The van der Waals surface area contributed by atoms with Gasteiger partial charge in [0.15, 0.2) is 6.10 Å². The Kier molecular flexibility index (Phi) is 65.2. The molecule has 464 valence electrons. The molecule has 0 rings (SSSR count). The van der Waals surface area contributed by atoms with Gasteiger partial charge in [0, 0.05) is 19.3 Å². The monoisotopic (exact) mass is 1120 g/mol. The van der Waals surface area contributed by atoms with Gasteiger partial charge < -0.3 is 14.2 Å². The highest BCUT2D eigenvalue weighted by atomic mass is 16.6. The third kappa shape index (κ3) is 66.8. The molecule has 0 amide bonds. The molecular formula is C75H128O6. The van der Waals surface area contributed by atoms with E-state index in [1.165, 1.54) is 161 Å². The molecule has 1 unspecified atom stereocenters. The Morgan fingerprint density at radius 2 is 0.481 bits per heavy atom. The van der Waals surface area contributed by atoms with Crippen molar-refractivity contribution in [1.29, 1.82) is 0 Å². The van der Waals surface area contributed by atoms with Crippen molar-refractivity contribution < 1.29 is 28.6 Å². The van der Waals surface area contributed by atoms with Crippen LogP contribution in [0.4, 0.5) is 0 Å². The van der Waals surface area contributed by atoms with E-state index in [-0.39, 0.29) is 31.1 Å². The molecule has 0 aliphatic rings. The Bertz CT molecular complexity index is 1620. The summed E-state index contributed by atoms with van der Waals surface area (Å²) in [6, 6.07) is 0. The number of carbonyl (C=O) groups is 3. The molecule has 0 spiro atoms. The second-order valence-electron chi connectivity index (χ2n) is 22.7. The number of rotatable bonds is 62. The normalized spacial score (nSPS) is 12.8. The molecule has 81 heavy (non-hydrogen) atoms. The highest BCUT2D eigenvalue weighted by Gasteiger charge is 2.19. The van der Waals surface area contributed by atoms with Crippen molar-refractivity contribution in [2.45, 2.75) is 335 Å². The second-order valence-corrected chi connectivity index (χ2v) is 22.7. The molecule has 6 nitrogen and oxygen atoms in total. The van der Waals surface area contributed by atoms with Crippen LogP contribution in [0, 0.1) is 0 Å². The van der Waals surface area contributed by atoms with E-state index in [2.05, 4.69) is 130 Å². The van der Waals surface area contributed by atoms with Gasteiger partial charge in [-0.1, -0.05) is 310 Å². The predicted octanol–water partition coefficient (Wildman–Crippen LogP) is 23.8. The molecule has 0 fully saturated rings. The fourth-order valence-corrected chi connectivity index (χ4v) is 9.63. The predicted molar refractivity (Wildman–Crippen MR) is 353 cm³/mol. The van der Waals surface area contributed by atoms with Crippen molar-refractivity contribution in [1.82, 2.24) is 0 Å². The maximum absolute atomic E-state index is 12.9. The first kappa shape index (κ1) is 77.1. The average molecular weight is 1130 g/mol. The van der Waals surface area contributed by atoms with Crippen LogP contribution in [-0.4, -0.2) is 37.2 Å². The van der Waals surface area contributed by atoms with Gasteiger partial charge in [0.2, 0.25) is 0 Å². The minimum Gasteiger partial charge on any atom is -0.462 e. The van der Waals surface area contributed by atoms with Crippen LogP contribution < -0.4 is 0 Å². The molecule has 1 atom stereocenters. The lowest BCUT2D eigenvalue weighted by Gasteiger charge is -2.18. The fraction of sp³-hybridized carbons (Fsp3) is 0.720. The van der Waals surface area contributed by atoms with Crippen LogP contribution in [0.1, 0.15) is 329 Å². The average Bonchev–Trinajstić information content (AvgIpc) is 3.47. The molecule has 0 aromatic carbocycles. The van der Waals surface area contributed by atoms with Gasteiger partial charge in [-0.2, -0.15) is 0 Å². The van der Waals surface area contributed by atoms with Crippen LogP contribution >= 0.6 is 0 Å². The fourth-order valence-electron chi connectivity index (χ4n) is 9.63. The van der Waals surface area contributed by atoms with Gasteiger partial charge in [-0.05, 0) is 109 Å². The third-order valence-corrected chi connectivity index (χ3v) is 14.8. The van der Waals surface area contributed by atoms with E-state index in [1.807, 2.05) is 0 Å². The van der Waals surface area contributed by atoms with Crippen LogP contribution in [0.15, 0.2) is 109 Å². The zero-order chi connectivity index (χ0) is 58.5. The summed E-state index contributed by atoms with van der Waals surface area (Å²) < 4.78 is 16.9. The SMILES string of the molecule is CC/C=C\C/C=C\C/C=C\C/C=C\C/C=C\C/C=C\C/C=C\C/C=C\CCCCCCCCCCC(=O)OCC(COC(=O)CCCCCCCCCCCCCCCCC)OC(=O)CCCCCCC/C=C\CCCCCCCC. The van der Waals surface area contributed by atoms with E-state index < -0.39 is 6.10 Å². The van der Waals surface area contributed by atoms with Crippen LogP contribution in [0.25, 0.3) is 0 Å². The Hall–Kier alpha value is -3.93. The number of allylic oxidation sites excluding steroid dienone is 18. The first-order valence-electron chi connectivity index (χ1n) is 34.4. The topological polar surface area (TPSA) is 78.9 Å². The zero-order valence-electron chi connectivity index (χ0n) is 53.3. The van der Waals surface area contributed by atoms with Crippen LogP contribution in [0.2, 0.25) is 0 Å².